The Labute approximate surface area is 143 Å². The molecule has 0 radical (unpaired) electrons. The van der Waals surface area contributed by atoms with Gasteiger partial charge in [0.05, 0.1) is 6.54 Å². The van der Waals surface area contributed by atoms with E-state index in [4.69, 9.17) is 4.99 Å². The van der Waals surface area contributed by atoms with Crippen molar-refractivity contribution in [3.63, 3.8) is 0 Å². The summed E-state index contributed by atoms with van der Waals surface area (Å²) in [7, 11) is 0. The second kappa shape index (κ2) is 8.77. The molecule has 0 aliphatic carbocycles. The average Bonchev–Trinajstić information content (AvgIpc) is 2.87. The standard InChI is InChI=1S/C15H23N3S.HI/c1-4-16-15(17-11-12(2)19-3)18-10-9-13-7-5-6-8-14(13)18;/h5-8,12H,4,9-11H2,1-3H3,(H,16,17);1H. The lowest BCUT2D eigenvalue weighted by atomic mass is 10.2. The fourth-order valence-corrected chi connectivity index (χ4v) is 2.47. The number of rotatable bonds is 4. The Kier molecular flexibility index (Phi) is 7.72. The quantitative estimate of drug-likeness (QED) is 0.473. The van der Waals surface area contributed by atoms with Crippen LogP contribution in [0.1, 0.15) is 19.4 Å². The monoisotopic (exact) mass is 405 g/mol. The molecule has 5 heteroatoms. The number of para-hydroxylation sites is 1. The Morgan fingerprint density at radius 3 is 2.90 bits per heavy atom. The van der Waals surface area contributed by atoms with Gasteiger partial charge in [-0.15, -0.1) is 24.0 Å². The Hall–Kier alpha value is -0.430. The summed E-state index contributed by atoms with van der Waals surface area (Å²) in [5.74, 6) is 1.02. The number of thioether (sulfide) groups is 1. The maximum absolute atomic E-state index is 4.78. The van der Waals surface area contributed by atoms with Crippen LogP contribution in [-0.2, 0) is 6.42 Å². The molecule has 1 aliphatic rings. The summed E-state index contributed by atoms with van der Waals surface area (Å²) in [6, 6.07) is 8.62. The minimum absolute atomic E-state index is 0. The van der Waals surface area contributed by atoms with Crippen molar-refractivity contribution in [1.82, 2.24) is 5.32 Å². The summed E-state index contributed by atoms with van der Waals surface area (Å²) >= 11 is 1.86. The highest BCUT2D eigenvalue weighted by Crippen LogP contribution is 2.27. The van der Waals surface area contributed by atoms with E-state index in [1.54, 1.807) is 0 Å². The predicted octanol–water partition coefficient (Wildman–Crippen LogP) is 3.38. The van der Waals surface area contributed by atoms with Gasteiger partial charge in [-0.2, -0.15) is 11.8 Å². The molecule has 1 aromatic carbocycles. The third kappa shape index (κ3) is 4.28. The number of fused-ring (bicyclic) bond motifs is 1. The first kappa shape index (κ1) is 17.6. The van der Waals surface area contributed by atoms with Gasteiger partial charge in [-0.25, -0.2) is 0 Å². The van der Waals surface area contributed by atoms with Gasteiger partial charge in [-0.05, 0) is 31.2 Å². The lowest BCUT2D eigenvalue weighted by Crippen LogP contribution is -2.41. The van der Waals surface area contributed by atoms with Crippen molar-refractivity contribution >= 4 is 47.4 Å². The fourth-order valence-electron chi connectivity index (χ4n) is 2.24. The van der Waals surface area contributed by atoms with Crippen molar-refractivity contribution in [3.05, 3.63) is 29.8 Å². The van der Waals surface area contributed by atoms with Crippen LogP contribution < -0.4 is 10.2 Å². The van der Waals surface area contributed by atoms with Crippen molar-refractivity contribution in [1.29, 1.82) is 0 Å². The summed E-state index contributed by atoms with van der Waals surface area (Å²) in [6.07, 6.45) is 3.25. The molecule has 0 saturated carbocycles. The molecule has 0 saturated heterocycles. The molecule has 20 heavy (non-hydrogen) atoms. The number of halogens is 1. The summed E-state index contributed by atoms with van der Waals surface area (Å²) in [6.45, 7) is 7.14. The van der Waals surface area contributed by atoms with E-state index in [0.717, 1.165) is 32.0 Å². The molecule has 0 amide bonds. The Balaban J connectivity index is 0.00000200. The van der Waals surface area contributed by atoms with E-state index in [9.17, 15) is 0 Å². The van der Waals surface area contributed by atoms with E-state index < -0.39 is 0 Å². The summed E-state index contributed by atoms with van der Waals surface area (Å²) in [5, 5.41) is 3.97. The summed E-state index contributed by atoms with van der Waals surface area (Å²) in [4.78, 5) is 7.09. The Morgan fingerprint density at radius 2 is 2.20 bits per heavy atom. The smallest absolute Gasteiger partial charge is 0.198 e. The Morgan fingerprint density at radius 1 is 1.45 bits per heavy atom. The molecule has 1 aliphatic heterocycles. The zero-order valence-corrected chi connectivity index (χ0v) is 15.6. The summed E-state index contributed by atoms with van der Waals surface area (Å²) in [5.41, 5.74) is 2.73. The number of hydrogen-bond acceptors (Lipinski definition) is 2. The average molecular weight is 405 g/mol. The SMILES string of the molecule is CCNC(=NCC(C)SC)N1CCc2ccccc21.I. The van der Waals surface area contributed by atoms with Gasteiger partial charge in [-0.3, -0.25) is 4.99 Å². The molecule has 2 rings (SSSR count). The third-order valence-electron chi connectivity index (χ3n) is 3.38. The highest BCUT2D eigenvalue weighted by atomic mass is 127. The van der Waals surface area contributed by atoms with Gasteiger partial charge in [0.25, 0.3) is 0 Å². The zero-order valence-electron chi connectivity index (χ0n) is 12.4. The third-order valence-corrected chi connectivity index (χ3v) is 4.33. The van der Waals surface area contributed by atoms with Gasteiger partial charge in [0, 0.05) is 24.0 Å². The van der Waals surface area contributed by atoms with Crippen LogP contribution in [0.5, 0.6) is 0 Å². The lowest BCUT2D eigenvalue weighted by molar-refractivity contribution is 0.868. The number of hydrogen-bond donors (Lipinski definition) is 1. The van der Waals surface area contributed by atoms with E-state index in [0.29, 0.717) is 5.25 Å². The normalized spacial score (nSPS) is 15.6. The van der Waals surface area contributed by atoms with Crippen LogP contribution in [0.2, 0.25) is 0 Å². The zero-order chi connectivity index (χ0) is 13.7. The van der Waals surface area contributed by atoms with E-state index in [-0.39, 0.29) is 24.0 Å². The first-order chi connectivity index (χ1) is 9.26. The molecular weight excluding hydrogens is 381 g/mol. The minimum atomic E-state index is 0. The maximum Gasteiger partial charge on any atom is 0.198 e. The maximum atomic E-state index is 4.78. The van der Waals surface area contributed by atoms with Crippen LogP contribution in [0.3, 0.4) is 0 Å². The second-order valence-electron chi connectivity index (χ2n) is 4.77. The number of anilines is 1. The second-order valence-corrected chi connectivity index (χ2v) is 6.05. The first-order valence-corrected chi connectivity index (χ1v) is 8.21. The van der Waals surface area contributed by atoms with Crippen molar-refractivity contribution < 1.29 is 0 Å². The molecule has 0 aromatic heterocycles. The van der Waals surface area contributed by atoms with Gasteiger partial charge >= 0.3 is 0 Å². The molecule has 1 heterocycles. The van der Waals surface area contributed by atoms with E-state index in [1.807, 2.05) is 11.8 Å². The van der Waals surface area contributed by atoms with E-state index in [1.165, 1.54) is 11.3 Å². The van der Waals surface area contributed by atoms with Gasteiger partial charge in [0.15, 0.2) is 5.96 Å². The van der Waals surface area contributed by atoms with Gasteiger partial charge in [0.1, 0.15) is 0 Å². The van der Waals surface area contributed by atoms with Crippen molar-refractivity contribution in [2.75, 3.05) is 30.8 Å². The largest absolute Gasteiger partial charge is 0.356 e. The first-order valence-electron chi connectivity index (χ1n) is 6.92. The molecule has 0 bridgehead atoms. The molecule has 1 unspecified atom stereocenters. The molecule has 0 spiro atoms. The molecule has 0 fully saturated rings. The van der Waals surface area contributed by atoms with Crippen LogP contribution in [0.25, 0.3) is 0 Å². The number of nitrogens with one attached hydrogen (secondary N) is 1. The highest BCUT2D eigenvalue weighted by Gasteiger charge is 2.22. The van der Waals surface area contributed by atoms with Gasteiger partial charge in [0.2, 0.25) is 0 Å². The van der Waals surface area contributed by atoms with Crippen LogP contribution in [0.15, 0.2) is 29.3 Å². The van der Waals surface area contributed by atoms with Crippen molar-refractivity contribution in [3.8, 4) is 0 Å². The van der Waals surface area contributed by atoms with Crippen LogP contribution >= 0.6 is 35.7 Å². The van der Waals surface area contributed by atoms with Gasteiger partial charge < -0.3 is 10.2 Å². The summed E-state index contributed by atoms with van der Waals surface area (Å²) < 4.78 is 0. The number of nitrogens with zero attached hydrogens (tertiary/aromatic N) is 2. The lowest BCUT2D eigenvalue weighted by Gasteiger charge is -2.22. The van der Waals surface area contributed by atoms with Crippen LogP contribution in [-0.4, -0.2) is 37.1 Å². The topological polar surface area (TPSA) is 27.6 Å². The molecule has 1 atom stereocenters. The minimum Gasteiger partial charge on any atom is -0.356 e. The van der Waals surface area contributed by atoms with Gasteiger partial charge in [-0.1, -0.05) is 25.1 Å². The molecule has 112 valence electrons. The van der Waals surface area contributed by atoms with Crippen LogP contribution in [0.4, 0.5) is 5.69 Å². The fraction of sp³-hybridized carbons (Fsp3) is 0.533. The molecular formula is C15H24IN3S. The number of aliphatic imine (C=N–C) groups is 1. The van der Waals surface area contributed by atoms with E-state index >= 15 is 0 Å². The number of benzene rings is 1. The van der Waals surface area contributed by atoms with Crippen molar-refractivity contribution in [2.24, 2.45) is 4.99 Å². The van der Waals surface area contributed by atoms with E-state index in [2.05, 4.69) is 54.6 Å². The molecule has 1 N–H and O–H groups in total. The van der Waals surface area contributed by atoms with Crippen molar-refractivity contribution in [2.45, 2.75) is 25.5 Å². The number of guanidine groups is 1. The predicted molar refractivity (Wildman–Crippen MR) is 102 cm³/mol. The molecule has 1 aromatic rings. The Bertz CT molecular complexity index is 450. The van der Waals surface area contributed by atoms with Crippen LogP contribution in [0, 0.1) is 0 Å². The highest BCUT2D eigenvalue weighted by molar-refractivity contribution is 14.0. The molecule has 3 nitrogen and oxygen atoms in total.